The van der Waals surface area contributed by atoms with E-state index in [1.54, 1.807) is 64.3 Å². The van der Waals surface area contributed by atoms with Gasteiger partial charge in [-0.15, -0.1) is 0 Å². The standard InChI is InChI=1S/C32H51N3O6/c1-9-14-25(34(6)28(36)19-21(2)3)27(40-7)20-29(37)35-18-13-17-26(35)31(41-8)22(4)32(39)33-23(5)30(38)24-15-11-10-12-16-24/h10-12,15-16,21-23,25-27,31H,9,13-14,17-20H2,1-8H3,(H,33,39)/t22-,23?,25+,26?,27?,31?/m1/s1. The lowest BCUT2D eigenvalue weighted by Gasteiger charge is -2.37. The summed E-state index contributed by atoms with van der Waals surface area (Å²) >= 11 is 0. The van der Waals surface area contributed by atoms with Gasteiger partial charge in [-0.05, 0) is 32.1 Å². The number of benzene rings is 1. The van der Waals surface area contributed by atoms with E-state index >= 15 is 0 Å². The van der Waals surface area contributed by atoms with Crippen molar-refractivity contribution in [3.8, 4) is 0 Å². The van der Waals surface area contributed by atoms with E-state index in [4.69, 9.17) is 9.47 Å². The normalized spacial score (nSPS) is 18.9. The van der Waals surface area contributed by atoms with E-state index in [9.17, 15) is 19.2 Å². The van der Waals surface area contributed by atoms with Crippen molar-refractivity contribution in [2.24, 2.45) is 11.8 Å². The minimum absolute atomic E-state index is 0.0475. The summed E-state index contributed by atoms with van der Waals surface area (Å²) in [5, 5.41) is 2.84. The van der Waals surface area contributed by atoms with Crippen LogP contribution in [0, 0.1) is 11.8 Å². The maximum Gasteiger partial charge on any atom is 0.226 e. The van der Waals surface area contributed by atoms with Gasteiger partial charge in [0.25, 0.3) is 0 Å². The topological polar surface area (TPSA) is 105 Å². The average molecular weight is 574 g/mol. The van der Waals surface area contributed by atoms with Gasteiger partial charge in [-0.2, -0.15) is 0 Å². The number of carbonyl (C=O) groups is 4. The number of ketones is 1. The molecule has 0 aromatic heterocycles. The second-order valence-electron chi connectivity index (χ2n) is 11.7. The highest BCUT2D eigenvalue weighted by Gasteiger charge is 2.41. The van der Waals surface area contributed by atoms with Crippen LogP contribution in [0.4, 0.5) is 0 Å². The van der Waals surface area contributed by atoms with Crippen molar-refractivity contribution in [3.05, 3.63) is 35.9 Å². The molecule has 230 valence electrons. The first-order valence-corrected chi connectivity index (χ1v) is 15.0. The molecule has 1 aromatic rings. The Morgan fingerprint density at radius 2 is 1.68 bits per heavy atom. The molecule has 3 amide bonds. The number of hydrogen-bond acceptors (Lipinski definition) is 6. The Labute approximate surface area is 246 Å². The largest absolute Gasteiger partial charge is 0.379 e. The maximum atomic E-state index is 13.7. The summed E-state index contributed by atoms with van der Waals surface area (Å²) < 4.78 is 11.6. The SMILES string of the molecule is CCC[C@@H](C(CC(=O)N1CCCC1C(OC)[C@@H](C)C(=O)NC(C)C(=O)c1ccccc1)OC)N(C)C(=O)CC(C)C. The van der Waals surface area contributed by atoms with Crippen molar-refractivity contribution in [1.29, 1.82) is 0 Å². The fraction of sp³-hybridized carbons (Fsp3) is 0.688. The van der Waals surface area contributed by atoms with E-state index in [0.29, 0.717) is 24.9 Å². The molecular weight excluding hydrogens is 522 g/mol. The van der Waals surface area contributed by atoms with E-state index in [2.05, 4.69) is 12.2 Å². The number of nitrogens with zero attached hydrogens (tertiary/aromatic N) is 2. The predicted molar refractivity (Wildman–Crippen MR) is 159 cm³/mol. The molecule has 1 aliphatic rings. The molecule has 9 heteroatoms. The number of nitrogens with one attached hydrogen (secondary N) is 1. The van der Waals surface area contributed by atoms with Crippen LogP contribution in [-0.4, -0.2) is 91.5 Å². The Hall–Kier alpha value is -2.78. The first kappa shape index (κ1) is 34.4. The van der Waals surface area contributed by atoms with Gasteiger partial charge in [-0.3, -0.25) is 19.2 Å². The second-order valence-corrected chi connectivity index (χ2v) is 11.7. The Balaban J connectivity index is 2.12. The number of likely N-dealkylation sites (N-methyl/N-ethyl adjacent to an activating group) is 1. The molecule has 0 aliphatic carbocycles. The molecule has 1 heterocycles. The average Bonchev–Trinajstić information content (AvgIpc) is 3.44. The highest BCUT2D eigenvalue weighted by atomic mass is 16.5. The molecule has 41 heavy (non-hydrogen) atoms. The molecule has 6 atom stereocenters. The van der Waals surface area contributed by atoms with Crippen molar-refractivity contribution in [2.75, 3.05) is 27.8 Å². The smallest absolute Gasteiger partial charge is 0.226 e. The van der Waals surface area contributed by atoms with Gasteiger partial charge < -0.3 is 24.6 Å². The van der Waals surface area contributed by atoms with Crippen molar-refractivity contribution < 1.29 is 28.7 Å². The number of ether oxygens (including phenoxy) is 2. The molecule has 1 saturated heterocycles. The third-order valence-corrected chi connectivity index (χ3v) is 8.15. The predicted octanol–water partition coefficient (Wildman–Crippen LogP) is 4.09. The molecular formula is C32H51N3O6. The number of Topliss-reactive ketones (excluding diaryl/α,β-unsaturated/α-hetero) is 1. The van der Waals surface area contributed by atoms with E-state index in [0.717, 1.165) is 19.3 Å². The van der Waals surface area contributed by atoms with Gasteiger partial charge in [0.1, 0.15) is 0 Å². The first-order valence-electron chi connectivity index (χ1n) is 15.0. The number of likely N-dealkylation sites (tertiary alicyclic amines) is 1. The van der Waals surface area contributed by atoms with E-state index in [-0.39, 0.29) is 47.9 Å². The van der Waals surface area contributed by atoms with Gasteiger partial charge in [0, 0.05) is 39.8 Å². The van der Waals surface area contributed by atoms with Crippen LogP contribution in [-0.2, 0) is 23.9 Å². The van der Waals surface area contributed by atoms with Crippen molar-refractivity contribution in [2.45, 2.75) is 103 Å². The molecule has 0 radical (unpaired) electrons. The molecule has 0 spiro atoms. The lowest BCUT2D eigenvalue weighted by atomic mass is 9.93. The number of rotatable bonds is 16. The molecule has 1 N–H and O–H groups in total. The van der Waals surface area contributed by atoms with Crippen LogP contribution in [0.15, 0.2) is 30.3 Å². The summed E-state index contributed by atoms with van der Waals surface area (Å²) in [6, 6.07) is 7.68. The van der Waals surface area contributed by atoms with Crippen LogP contribution in [0.1, 0.15) is 83.5 Å². The Bertz CT molecular complexity index is 1000. The van der Waals surface area contributed by atoms with Gasteiger partial charge in [0.15, 0.2) is 5.78 Å². The number of carbonyl (C=O) groups excluding carboxylic acids is 4. The molecule has 1 aromatic carbocycles. The fourth-order valence-electron chi connectivity index (χ4n) is 5.82. The zero-order valence-corrected chi connectivity index (χ0v) is 26.2. The van der Waals surface area contributed by atoms with Gasteiger partial charge in [-0.1, -0.05) is 64.4 Å². The molecule has 0 saturated carbocycles. The van der Waals surface area contributed by atoms with Crippen molar-refractivity contribution in [3.63, 3.8) is 0 Å². The summed E-state index contributed by atoms with van der Waals surface area (Å²) in [4.78, 5) is 56.1. The molecule has 9 nitrogen and oxygen atoms in total. The summed E-state index contributed by atoms with van der Waals surface area (Å²) in [5.74, 6) is -0.836. The quantitative estimate of drug-likeness (QED) is 0.299. The summed E-state index contributed by atoms with van der Waals surface area (Å²) in [5.41, 5.74) is 0.537. The summed E-state index contributed by atoms with van der Waals surface area (Å²) in [6.07, 6.45) is 2.69. The second kappa shape index (κ2) is 16.6. The maximum absolute atomic E-state index is 13.7. The molecule has 1 fully saturated rings. The number of hydrogen-bond donors (Lipinski definition) is 1. The highest BCUT2D eigenvalue weighted by Crippen LogP contribution is 2.28. The monoisotopic (exact) mass is 573 g/mol. The zero-order valence-electron chi connectivity index (χ0n) is 26.2. The Morgan fingerprint density at radius 1 is 1.02 bits per heavy atom. The van der Waals surface area contributed by atoms with Gasteiger partial charge in [-0.25, -0.2) is 0 Å². The zero-order chi connectivity index (χ0) is 30.7. The first-order chi connectivity index (χ1) is 19.5. The fourth-order valence-corrected chi connectivity index (χ4v) is 5.82. The van der Waals surface area contributed by atoms with Crippen LogP contribution < -0.4 is 5.32 Å². The summed E-state index contributed by atoms with van der Waals surface area (Å²) in [7, 11) is 4.94. The van der Waals surface area contributed by atoms with E-state index < -0.39 is 24.2 Å². The molecule has 4 unspecified atom stereocenters. The van der Waals surface area contributed by atoms with Crippen LogP contribution >= 0.6 is 0 Å². The Morgan fingerprint density at radius 3 is 2.24 bits per heavy atom. The van der Waals surface area contributed by atoms with Gasteiger partial charge in [0.05, 0.1) is 42.7 Å². The molecule has 2 rings (SSSR count). The third-order valence-electron chi connectivity index (χ3n) is 8.15. The van der Waals surface area contributed by atoms with E-state index in [1.165, 1.54) is 0 Å². The lowest BCUT2D eigenvalue weighted by Crippen LogP contribution is -2.53. The van der Waals surface area contributed by atoms with Crippen LogP contribution in [0.3, 0.4) is 0 Å². The lowest BCUT2D eigenvalue weighted by molar-refractivity contribution is -0.145. The third kappa shape index (κ3) is 9.36. The van der Waals surface area contributed by atoms with Crippen molar-refractivity contribution >= 4 is 23.5 Å². The Kier molecular flexibility index (Phi) is 13.9. The van der Waals surface area contributed by atoms with Crippen LogP contribution in [0.5, 0.6) is 0 Å². The minimum atomic E-state index is -0.695. The van der Waals surface area contributed by atoms with Gasteiger partial charge in [0.2, 0.25) is 17.7 Å². The highest BCUT2D eigenvalue weighted by molar-refractivity contribution is 6.01. The molecule has 0 bridgehead atoms. The van der Waals surface area contributed by atoms with Gasteiger partial charge >= 0.3 is 0 Å². The van der Waals surface area contributed by atoms with Crippen LogP contribution in [0.25, 0.3) is 0 Å². The minimum Gasteiger partial charge on any atom is -0.379 e. The van der Waals surface area contributed by atoms with E-state index in [1.807, 2.05) is 24.8 Å². The molecule has 1 aliphatic heterocycles. The number of amides is 3. The van der Waals surface area contributed by atoms with Crippen LogP contribution in [0.2, 0.25) is 0 Å². The van der Waals surface area contributed by atoms with Crippen molar-refractivity contribution in [1.82, 2.24) is 15.1 Å². The summed E-state index contributed by atoms with van der Waals surface area (Å²) in [6.45, 7) is 10.1. The number of methoxy groups -OCH3 is 2.